The molecule has 1 N–H and O–H groups in total. The maximum Gasteiger partial charge on any atom is 0.159 e. The highest BCUT2D eigenvalue weighted by molar-refractivity contribution is 7.99. The van der Waals surface area contributed by atoms with Crippen LogP contribution in [0.5, 0.6) is 0 Å². The Morgan fingerprint density at radius 3 is 2.44 bits per heavy atom. The van der Waals surface area contributed by atoms with E-state index in [9.17, 15) is 8.78 Å². The first-order valence-corrected chi connectivity index (χ1v) is 7.37. The summed E-state index contributed by atoms with van der Waals surface area (Å²) in [5.41, 5.74) is 0.832. The Hall–Kier alpha value is -0.610. The highest BCUT2D eigenvalue weighted by Crippen LogP contribution is 2.14. The summed E-state index contributed by atoms with van der Waals surface area (Å²) in [6, 6.07) is 4.42. The van der Waals surface area contributed by atoms with E-state index in [0.29, 0.717) is 12.0 Å². The number of benzene rings is 1. The van der Waals surface area contributed by atoms with Gasteiger partial charge in [-0.15, -0.1) is 0 Å². The molecule has 0 spiro atoms. The van der Waals surface area contributed by atoms with E-state index in [4.69, 9.17) is 0 Å². The van der Waals surface area contributed by atoms with E-state index in [1.165, 1.54) is 12.1 Å². The maximum atomic E-state index is 13.1. The summed E-state index contributed by atoms with van der Waals surface area (Å²) in [6.07, 6.45) is 0.721. The van der Waals surface area contributed by atoms with Crippen LogP contribution in [-0.4, -0.2) is 24.6 Å². The van der Waals surface area contributed by atoms with Crippen LogP contribution in [0.15, 0.2) is 18.2 Å². The molecule has 102 valence electrons. The van der Waals surface area contributed by atoms with Gasteiger partial charge in [-0.05, 0) is 42.8 Å². The van der Waals surface area contributed by atoms with Crippen LogP contribution in [0.3, 0.4) is 0 Å². The van der Waals surface area contributed by atoms with Gasteiger partial charge in [0.15, 0.2) is 11.6 Å². The summed E-state index contributed by atoms with van der Waals surface area (Å²) < 4.78 is 25.9. The van der Waals surface area contributed by atoms with Gasteiger partial charge in [-0.2, -0.15) is 11.8 Å². The normalized spacial score (nSPS) is 13.0. The van der Waals surface area contributed by atoms with Gasteiger partial charge in [0.25, 0.3) is 0 Å². The Bertz CT molecular complexity index is 369. The molecule has 18 heavy (non-hydrogen) atoms. The number of thioether (sulfide) groups is 1. The number of hydrogen-bond donors (Lipinski definition) is 1. The molecule has 0 radical (unpaired) electrons. The fourth-order valence-electron chi connectivity index (χ4n) is 1.64. The molecule has 1 nitrogen and oxygen atoms in total. The molecule has 0 bridgehead atoms. The summed E-state index contributed by atoms with van der Waals surface area (Å²) in [5.74, 6) is 1.23. The standard InChI is InChI=1S/C14H21F2NS/c1-10(2)8-18-9-12(17-3)6-11-4-5-13(15)14(16)7-11/h4-5,7,10,12,17H,6,8-9H2,1-3H3. The third kappa shape index (κ3) is 5.36. The molecule has 1 rings (SSSR count). The van der Waals surface area contributed by atoms with Crippen molar-refractivity contribution in [3.05, 3.63) is 35.4 Å². The largest absolute Gasteiger partial charge is 0.316 e. The zero-order valence-corrected chi connectivity index (χ0v) is 12.0. The summed E-state index contributed by atoms with van der Waals surface area (Å²) in [4.78, 5) is 0. The molecular formula is C14H21F2NS. The van der Waals surface area contributed by atoms with Crippen molar-refractivity contribution in [1.82, 2.24) is 5.32 Å². The summed E-state index contributed by atoms with van der Waals surface area (Å²) >= 11 is 1.89. The Kier molecular flexibility index (Phi) is 6.65. The van der Waals surface area contributed by atoms with E-state index in [-0.39, 0.29) is 0 Å². The van der Waals surface area contributed by atoms with E-state index >= 15 is 0 Å². The zero-order chi connectivity index (χ0) is 13.5. The summed E-state index contributed by atoms with van der Waals surface area (Å²) in [5, 5.41) is 3.22. The zero-order valence-electron chi connectivity index (χ0n) is 11.2. The topological polar surface area (TPSA) is 12.0 Å². The molecule has 1 unspecified atom stereocenters. The quantitative estimate of drug-likeness (QED) is 0.816. The van der Waals surface area contributed by atoms with Crippen LogP contribution < -0.4 is 5.32 Å². The van der Waals surface area contributed by atoms with Crippen molar-refractivity contribution < 1.29 is 8.78 Å². The van der Waals surface area contributed by atoms with Crippen molar-refractivity contribution >= 4 is 11.8 Å². The van der Waals surface area contributed by atoms with Gasteiger partial charge in [-0.1, -0.05) is 19.9 Å². The van der Waals surface area contributed by atoms with Gasteiger partial charge in [0, 0.05) is 11.8 Å². The molecule has 0 fully saturated rings. The van der Waals surface area contributed by atoms with Crippen LogP contribution in [0, 0.1) is 17.6 Å². The number of nitrogens with one attached hydrogen (secondary N) is 1. The molecule has 1 aromatic rings. The fraction of sp³-hybridized carbons (Fsp3) is 0.571. The first kappa shape index (κ1) is 15.4. The second kappa shape index (κ2) is 7.74. The summed E-state index contributed by atoms with van der Waals surface area (Å²) in [7, 11) is 1.90. The predicted octanol–water partition coefficient (Wildman–Crippen LogP) is 3.48. The molecule has 4 heteroatoms. The minimum Gasteiger partial charge on any atom is -0.316 e. The van der Waals surface area contributed by atoms with E-state index < -0.39 is 11.6 Å². The van der Waals surface area contributed by atoms with Crippen LogP contribution in [-0.2, 0) is 6.42 Å². The van der Waals surface area contributed by atoms with Crippen molar-refractivity contribution in [3.8, 4) is 0 Å². The van der Waals surface area contributed by atoms with Gasteiger partial charge in [0.2, 0.25) is 0 Å². The number of rotatable bonds is 7. The van der Waals surface area contributed by atoms with Crippen LogP contribution in [0.4, 0.5) is 8.78 Å². The minimum atomic E-state index is -0.783. The Morgan fingerprint density at radius 2 is 1.89 bits per heavy atom. The lowest BCUT2D eigenvalue weighted by Crippen LogP contribution is -2.30. The van der Waals surface area contributed by atoms with Crippen LogP contribution >= 0.6 is 11.8 Å². The number of hydrogen-bond acceptors (Lipinski definition) is 2. The molecule has 0 heterocycles. The molecule has 0 aliphatic rings. The van der Waals surface area contributed by atoms with Crippen molar-refractivity contribution in [1.29, 1.82) is 0 Å². The maximum absolute atomic E-state index is 13.1. The second-order valence-corrected chi connectivity index (χ2v) is 5.94. The average molecular weight is 273 g/mol. The Morgan fingerprint density at radius 1 is 1.17 bits per heavy atom. The SMILES string of the molecule is CNC(CSCC(C)C)Cc1ccc(F)c(F)c1. The highest BCUT2D eigenvalue weighted by Gasteiger charge is 2.10. The van der Waals surface area contributed by atoms with Crippen LogP contribution in [0.25, 0.3) is 0 Å². The van der Waals surface area contributed by atoms with Gasteiger partial charge < -0.3 is 5.32 Å². The lowest BCUT2D eigenvalue weighted by atomic mass is 10.1. The Labute approximate surface area is 112 Å². The number of likely N-dealkylation sites (N-methyl/N-ethyl adjacent to an activating group) is 1. The van der Waals surface area contributed by atoms with E-state index in [1.807, 2.05) is 18.8 Å². The minimum absolute atomic E-state index is 0.290. The van der Waals surface area contributed by atoms with Gasteiger partial charge in [0.1, 0.15) is 0 Å². The number of halogens is 2. The van der Waals surface area contributed by atoms with Gasteiger partial charge in [0.05, 0.1) is 0 Å². The van der Waals surface area contributed by atoms with Crippen LogP contribution in [0.2, 0.25) is 0 Å². The molecule has 0 saturated heterocycles. The molecule has 1 atom stereocenters. The first-order chi connectivity index (χ1) is 8.52. The molecular weight excluding hydrogens is 252 g/mol. The molecule has 1 aromatic carbocycles. The third-order valence-electron chi connectivity index (χ3n) is 2.64. The van der Waals surface area contributed by atoms with E-state index in [0.717, 1.165) is 23.5 Å². The smallest absolute Gasteiger partial charge is 0.159 e. The average Bonchev–Trinajstić information content (AvgIpc) is 2.32. The van der Waals surface area contributed by atoms with Crippen molar-refractivity contribution in [2.45, 2.75) is 26.3 Å². The van der Waals surface area contributed by atoms with Crippen molar-refractivity contribution in [3.63, 3.8) is 0 Å². The van der Waals surface area contributed by atoms with E-state index in [1.54, 1.807) is 6.07 Å². The van der Waals surface area contributed by atoms with Crippen molar-refractivity contribution in [2.75, 3.05) is 18.6 Å². The van der Waals surface area contributed by atoms with Gasteiger partial charge in [-0.25, -0.2) is 8.78 Å². The Balaban J connectivity index is 2.49. The molecule has 0 aliphatic carbocycles. The lowest BCUT2D eigenvalue weighted by Gasteiger charge is -2.16. The highest BCUT2D eigenvalue weighted by atomic mass is 32.2. The monoisotopic (exact) mass is 273 g/mol. The van der Waals surface area contributed by atoms with E-state index in [2.05, 4.69) is 19.2 Å². The first-order valence-electron chi connectivity index (χ1n) is 6.22. The molecule has 0 aromatic heterocycles. The van der Waals surface area contributed by atoms with Crippen LogP contribution in [0.1, 0.15) is 19.4 Å². The third-order valence-corrected chi connectivity index (χ3v) is 4.19. The molecule has 0 aliphatic heterocycles. The van der Waals surface area contributed by atoms with Gasteiger partial charge >= 0.3 is 0 Å². The second-order valence-electron chi connectivity index (χ2n) is 4.87. The lowest BCUT2D eigenvalue weighted by molar-refractivity contribution is 0.505. The molecule has 0 saturated carbocycles. The molecule has 0 amide bonds. The summed E-state index contributed by atoms with van der Waals surface area (Å²) in [6.45, 7) is 4.38. The van der Waals surface area contributed by atoms with Gasteiger partial charge in [-0.3, -0.25) is 0 Å². The fourth-order valence-corrected chi connectivity index (χ4v) is 2.82. The predicted molar refractivity (Wildman–Crippen MR) is 75.1 cm³/mol. The van der Waals surface area contributed by atoms with Crippen molar-refractivity contribution in [2.24, 2.45) is 5.92 Å².